The number of hydrogen-bond acceptors (Lipinski definition) is 7. The van der Waals surface area contributed by atoms with Gasteiger partial charge in [-0.1, -0.05) is 30.6 Å². The van der Waals surface area contributed by atoms with Gasteiger partial charge >= 0.3 is 12.1 Å². The van der Waals surface area contributed by atoms with Crippen molar-refractivity contribution in [2.45, 2.75) is 38.1 Å². The lowest BCUT2D eigenvalue weighted by atomic mass is 9.96. The van der Waals surface area contributed by atoms with Crippen LogP contribution in [0.5, 0.6) is 0 Å². The average Bonchev–Trinajstić information content (AvgIpc) is 2.90. The maximum absolute atomic E-state index is 12.2. The number of nitrogens with one attached hydrogen (secondary N) is 2. The Morgan fingerprint density at radius 3 is 2.55 bits per heavy atom. The highest BCUT2D eigenvalue weighted by Gasteiger charge is 2.33. The van der Waals surface area contributed by atoms with E-state index in [1.165, 1.54) is 5.51 Å². The Labute approximate surface area is 132 Å². The first-order chi connectivity index (χ1) is 10.4. The maximum Gasteiger partial charge on any atom is 0.339 e. The summed E-state index contributed by atoms with van der Waals surface area (Å²) in [6.07, 6.45) is 4.93. The van der Waals surface area contributed by atoms with Crippen LogP contribution in [0.25, 0.3) is 0 Å². The average molecular weight is 347 g/mol. The molecule has 0 spiro atoms. The minimum Gasteiger partial charge on any atom is -0.282 e. The van der Waals surface area contributed by atoms with Crippen molar-refractivity contribution in [1.29, 1.82) is 0 Å². The number of amides is 4. The molecule has 2 rings (SSSR count). The lowest BCUT2D eigenvalue weighted by Gasteiger charge is -2.32. The highest BCUT2D eigenvalue weighted by Crippen LogP contribution is 2.24. The van der Waals surface area contributed by atoms with E-state index in [1.54, 1.807) is 0 Å². The summed E-state index contributed by atoms with van der Waals surface area (Å²) in [6, 6.07) is -2.19. The van der Waals surface area contributed by atoms with Gasteiger partial charge in [0.25, 0.3) is 0 Å². The minimum absolute atomic E-state index is 0.217. The number of rotatable bonds is 3. The van der Waals surface area contributed by atoms with Gasteiger partial charge in [0.05, 0.1) is 6.26 Å². The van der Waals surface area contributed by atoms with Crippen molar-refractivity contribution in [3.63, 3.8) is 0 Å². The van der Waals surface area contributed by atoms with Gasteiger partial charge in [0.1, 0.15) is 5.51 Å². The molecule has 0 unspecified atom stereocenters. The number of imide groups is 1. The van der Waals surface area contributed by atoms with E-state index in [1.807, 2.05) is 5.32 Å². The smallest absolute Gasteiger partial charge is 0.282 e. The molecule has 1 aromatic heterocycles. The molecule has 0 aliphatic heterocycles. The van der Waals surface area contributed by atoms with E-state index in [4.69, 9.17) is 0 Å². The van der Waals surface area contributed by atoms with Crippen LogP contribution in [-0.2, 0) is 10.0 Å². The first kappa shape index (κ1) is 16.6. The molecule has 0 saturated heterocycles. The second-order valence-corrected chi connectivity index (χ2v) is 7.67. The first-order valence-corrected chi connectivity index (χ1v) is 9.48. The van der Waals surface area contributed by atoms with Crippen molar-refractivity contribution < 1.29 is 18.0 Å². The van der Waals surface area contributed by atoms with E-state index >= 15 is 0 Å². The van der Waals surface area contributed by atoms with Gasteiger partial charge < -0.3 is 0 Å². The second kappa shape index (κ2) is 7.01. The molecule has 11 heteroatoms. The van der Waals surface area contributed by atoms with E-state index in [0.717, 1.165) is 41.2 Å². The summed E-state index contributed by atoms with van der Waals surface area (Å²) in [6.45, 7) is 0. The Morgan fingerprint density at radius 2 is 2.00 bits per heavy atom. The van der Waals surface area contributed by atoms with Crippen LogP contribution in [-0.4, -0.2) is 47.3 Å². The zero-order chi connectivity index (χ0) is 16.2. The Kier molecular flexibility index (Phi) is 5.29. The highest BCUT2D eigenvalue weighted by atomic mass is 32.2. The van der Waals surface area contributed by atoms with Gasteiger partial charge in [-0.2, -0.15) is 0 Å². The molecule has 0 radical (unpaired) electrons. The zero-order valence-electron chi connectivity index (χ0n) is 12.0. The fraction of sp³-hybridized carbons (Fsp3) is 0.636. The molecule has 9 nitrogen and oxygen atoms in total. The fourth-order valence-corrected chi connectivity index (χ4v) is 3.95. The molecule has 1 aromatic rings. The van der Waals surface area contributed by atoms with E-state index in [0.29, 0.717) is 12.8 Å². The molecular formula is C11H17N5O4S2. The maximum atomic E-state index is 12.2. The van der Waals surface area contributed by atoms with E-state index < -0.39 is 28.1 Å². The van der Waals surface area contributed by atoms with Gasteiger partial charge in [-0.3, -0.25) is 10.6 Å². The number of anilines is 1. The van der Waals surface area contributed by atoms with Crippen LogP contribution in [0.3, 0.4) is 0 Å². The van der Waals surface area contributed by atoms with Crippen molar-refractivity contribution in [3.8, 4) is 0 Å². The third-order valence-electron chi connectivity index (χ3n) is 3.26. The normalized spacial score (nSPS) is 16.0. The Bertz CT molecular complexity index is 625. The van der Waals surface area contributed by atoms with Gasteiger partial charge in [0, 0.05) is 6.04 Å². The Morgan fingerprint density at radius 1 is 1.32 bits per heavy atom. The molecule has 0 aromatic carbocycles. The molecule has 1 heterocycles. The van der Waals surface area contributed by atoms with Crippen LogP contribution in [0, 0.1) is 0 Å². The summed E-state index contributed by atoms with van der Waals surface area (Å²) in [5, 5.41) is 11.7. The molecule has 4 amide bonds. The Hall–Kier alpha value is -1.75. The lowest BCUT2D eigenvalue weighted by Crippen LogP contribution is -2.51. The molecule has 1 fully saturated rings. The third kappa shape index (κ3) is 4.37. The van der Waals surface area contributed by atoms with Crippen LogP contribution in [0.1, 0.15) is 32.1 Å². The predicted octanol–water partition coefficient (Wildman–Crippen LogP) is 1.37. The van der Waals surface area contributed by atoms with E-state index in [-0.39, 0.29) is 5.13 Å². The molecule has 0 atom stereocenters. The summed E-state index contributed by atoms with van der Waals surface area (Å²) < 4.78 is 24.5. The Balaban J connectivity index is 2.03. The third-order valence-corrected chi connectivity index (χ3v) is 5.05. The van der Waals surface area contributed by atoms with Gasteiger partial charge in [-0.05, 0) is 12.8 Å². The number of carbonyl (C=O) groups excluding carboxylic acids is 2. The van der Waals surface area contributed by atoms with Crippen LogP contribution in [0.4, 0.5) is 14.7 Å². The standard InChI is InChI=1S/C11H17N5O4S2/c1-22(19,20)16(8-5-3-2-4-6-8)11(18)14-9(17)13-10-15-12-7-21-10/h7-8H,2-6H2,1H3,(H2,13,14,15,17,18). The SMILES string of the molecule is CS(=O)(=O)N(C(=O)NC(=O)Nc1nncs1)C1CCCCC1. The lowest BCUT2D eigenvalue weighted by molar-refractivity contribution is 0.199. The number of sulfonamides is 1. The molecule has 1 aliphatic rings. The van der Waals surface area contributed by atoms with Crippen molar-refractivity contribution in [2.75, 3.05) is 11.6 Å². The van der Waals surface area contributed by atoms with Crippen molar-refractivity contribution >= 4 is 38.6 Å². The number of nitrogens with zero attached hydrogens (tertiary/aromatic N) is 3. The summed E-state index contributed by atoms with van der Waals surface area (Å²) in [5.41, 5.74) is 1.42. The van der Waals surface area contributed by atoms with Crippen molar-refractivity contribution in [1.82, 2.24) is 19.8 Å². The molecule has 122 valence electrons. The molecule has 22 heavy (non-hydrogen) atoms. The van der Waals surface area contributed by atoms with Crippen LogP contribution in [0.2, 0.25) is 0 Å². The molecule has 1 saturated carbocycles. The van der Waals surface area contributed by atoms with E-state index in [2.05, 4.69) is 15.5 Å². The summed E-state index contributed by atoms with van der Waals surface area (Å²) >= 11 is 1.08. The largest absolute Gasteiger partial charge is 0.339 e. The number of aromatic nitrogens is 2. The van der Waals surface area contributed by atoms with E-state index in [9.17, 15) is 18.0 Å². The summed E-state index contributed by atoms with van der Waals surface area (Å²) in [5.74, 6) is 0. The van der Waals surface area contributed by atoms with Gasteiger partial charge in [-0.25, -0.2) is 22.3 Å². The predicted molar refractivity (Wildman–Crippen MR) is 81.0 cm³/mol. The second-order valence-electron chi connectivity index (χ2n) is 4.98. The molecule has 2 N–H and O–H groups in total. The summed E-state index contributed by atoms with van der Waals surface area (Å²) in [4.78, 5) is 23.9. The van der Waals surface area contributed by atoms with Crippen LogP contribution < -0.4 is 10.6 Å². The molecular weight excluding hydrogens is 330 g/mol. The van der Waals surface area contributed by atoms with Crippen LogP contribution >= 0.6 is 11.3 Å². The van der Waals surface area contributed by atoms with Crippen molar-refractivity contribution in [2.24, 2.45) is 0 Å². The first-order valence-electron chi connectivity index (χ1n) is 6.75. The van der Waals surface area contributed by atoms with Crippen molar-refractivity contribution in [3.05, 3.63) is 5.51 Å². The molecule has 0 bridgehead atoms. The monoisotopic (exact) mass is 347 g/mol. The fourth-order valence-electron chi connectivity index (χ4n) is 2.41. The zero-order valence-corrected chi connectivity index (χ0v) is 13.6. The number of hydrogen-bond donors (Lipinski definition) is 2. The number of urea groups is 2. The quantitative estimate of drug-likeness (QED) is 0.852. The van der Waals surface area contributed by atoms with Gasteiger partial charge in [0.15, 0.2) is 0 Å². The topological polar surface area (TPSA) is 121 Å². The minimum atomic E-state index is -3.76. The van der Waals surface area contributed by atoms with Crippen LogP contribution in [0.15, 0.2) is 5.51 Å². The highest BCUT2D eigenvalue weighted by molar-refractivity contribution is 7.88. The van der Waals surface area contributed by atoms with Gasteiger partial charge in [0.2, 0.25) is 15.2 Å². The number of carbonyl (C=O) groups is 2. The van der Waals surface area contributed by atoms with Gasteiger partial charge in [-0.15, -0.1) is 10.2 Å². The molecule has 1 aliphatic carbocycles. The summed E-state index contributed by atoms with van der Waals surface area (Å²) in [7, 11) is -3.76.